The Balaban J connectivity index is 1.74. The second-order valence-corrected chi connectivity index (χ2v) is 6.75. The molecule has 6 nitrogen and oxygen atoms in total. The Kier molecular flexibility index (Phi) is 5.83. The van der Waals surface area contributed by atoms with Gasteiger partial charge < -0.3 is 10.6 Å². The van der Waals surface area contributed by atoms with E-state index in [1.165, 1.54) is 25.4 Å². The van der Waals surface area contributed by atoms with Gasteiger partial charge in [-0.3, -0.25) is 19.4 Å². The zero-order chi connectivity index (χ0) is 21.0. The van der Waals surface area contributed by atoms with Crippen molar-refractivity contribution in [2.45, 2.75) is 20.8 Å². The number of rotatable bonds is 5. The molecule has 0 atom stereocenters. The summed E-state index contributed by atoms with van der Waals surface area (Å²) < 4.78 is 0. The topological polar surface area (TPSA) is 88.2 Å². The third-order valence-electron chi connectivity index (χ3n) is 4.66. The number of carbonyl (C=O) groups excluding carboxylic acids is 3. The van der Waals surface area contributed by atoms with Crippen molar-refractivity contribution in [3.8, 4) is 0 Å². The van der Waals surface area contributed by atoms with Crippen LogP contribution in [0.2, 0.25) is 0 Å². The van der Waals surface area contributed by atoms with Crippen LogP contribution in [0.25, 0.3) is 0 Å². The van der Waals surface area contributed by atoms with Gasteiger partial charge in [-0.2, -0.15) is 0 Å². The summed E-state index contributed by atoms with van der Waals surface area (Å²) in [6.45, 7) is 5.39. The lowest BCUT2D eigenvalue weighted by Crippen LogP contribution is -2.16. The van der Waals surface area contributed by atoms with Crippen LogP contribution >= 0.6 is 0 Å². The summed E-state index contributed by atoms with van der Waals surface area (Å²) in [5.74, 6) is -0.782. The van der Waals surface area contributed by atoms with Crippen LogP contribution in [0, 0.1) is 13.8 Å². The first-order chi connectivity index (χ1) is 13.8. The Morgan fingerprint density at radius 3 is 2.03 bits per heavy atom. The Bertz CT molecular complexity index is 1090. The van der Waals surface area contributed by atoms with Crippen LogP contribution in [0.15, 0.2) is 60.9 Å². The molecule has 0 radical (unpaired) electrons. The molecular formula is C23H21N3O3. The van der Waals surface area contributed by atoms with Gasteiger partial charge in [0.1, 0.15) is 0 Å². The fraction of sp³-hybridized carbons (Fsp3) is 0.130. The molecule has 1 heterocycles. The van der Waals surface area contributed by atoms with Crippen LogP contribution in [0.5, 0.6) is 0 Å². The molecule has 0 aliphatic heterocycles. The van der Waals surface area contributed by atoms with Gasteiger partial charge in [0.15, 0.2) is 5.78 Å². The lowest BCUT2D eigenvalue weighted by Gasteiger charge is -2.11. The first kappa shape index (κ1) is 19.9. The molecule has 0 aliphatic rings. The summed E-state index contributed by atoms with van der Waals surface area (Å²) in [5.41, 5.74) is 4.43. The van der Waals surface area contributed by atoms with Crippen LogP contribution in [0.1, 0.15) is 49.1 Å². The van der Waals surface area contributed by atoms with Crippen molar-refractivity contribution in [2.24, 2.45) is 0 Å². The summed E-state index contributed by atoms with van der Waals surface area (Å²) in [7, 11) is 0. The molecular weight excluding hydrogens is 366 g/mol. The molecule has 2 N–H and O–H groups in total. The predicted octanol–water partition coefficient (Wildman–Crippen LogP) is 4.41. The number of ketones is 1. The minimum Gasteiger partial charge on any atom is -0.322 e. The maximum absolute atomic E-state index is 12.6. The third kappa shape index (κ3) is 4.73. The van der Waals surface area contributed by atoms with Crippen molar-refractivity contribution >= 4 is 29.0 Å². The molecule has 0 saturated heterocycles. The first-order valence-corrected chi connectivity index (χ1v) is 9.10. The van der Waals surface area contributed by atoms with Gasteiger partial charge in [0.25, 0.3) is 11.8 Å². The van der Waals surface area contributed by atoms with Crippen molar-refractivity contribution in [3.63, 3.8) is 0 Å². The number of amides is 2. The van der Waals surface area contributed by atoms with Crippen LogP contribution in [0.3, 0.4) is 0 Å². The van der Waals surface area contributed by atoms with Crippen LogP contribution in [0.4, 0.5) is 11.4 Å². The number of pyridine rings is 1. The van der Waals surface area contributed by atoms with Crippen LogP contribution in [-0.4, -0.2) is 22.6 Å². The predicted molar refractivity (Wildman–Crippen MR) is 113 cm³/mol. The highest BCUT2D eigenvalue weighted by Crippen LogP contribution is 2.19. The van der Waals surface area contributed by atoms with Gasteiger partial charge in [0.2, 0.25) is 0 Å². The van der Waals surface area contributed by atoms with Gasteiger partial charge >= 0.3 is 0 Å². The van der Waals surface area contributed by atoms with E-state index < -0.39 is 5.91 Å². The van der Waals surface area contributed by atoms with Crippen molar-refractivity contribution in [1.29, 1.82) is 0 Å². The highest BCUT2D eigenvalue weighted by molar-refractivity contribution is 6.08. The van der Waals surface area contributed by atoms with Gasteiger partial charge in [0, 0.05) is 29.3 Å². The molecule has 0 spiro atoms. The molecule has 3 aromatic rings. The summed E-state index contributed by atoms with van der Waals surface area (Å²) in [5, 5.41) is 5.59. The van der Waals surface area contributed by atoms with E-state index in [0.717, 1.165) is 16.8 Å². The second-order valence-electron chi connectivity index (χ2n) is 6.75. The van der Waals surface area contributed by atoms with E-state index in [1.807, 2.05) is 32.0 Å². The first-order valence-electron chi connectivity index (χ1n) is 9.10. The maximum atomic E-state index is 12.6. The van der Waals surface area contributed by atoms with E-state index in [4.69, 9.17) is 0 Å². The third-order valence-corrected chi connectivity index (χ3v) is 4.66. The smallest absolute Gasteiger partial charge is 0.257 e. The van der Waals surface area contributed by atoms with Crippen molar-refractivity contribution in [2.75, 3.05) is 10.6 Å². The number of Topliss-reactive ketones (excluding diaryl/α,β-unsaturated/α-hetero) is 1. The number of hydrogen-bond acceptors (Lipinski definition) is 4. The van der Waals surface area contributed by atoms with Gasteiger partial charge in [0.05, 0.1) is 11.1 Å². The number of aryl methyl sites for hydroxylation is 1. The summed E-state index contributed by atoms with van der Waals surface area (Å²) >= 11 is 0. The highest BCUT2D eigenvalue weighted by Gasteiger charge is 2.13. The summed E-state index contributed by atoms with van der Waals surface area (Å²) in [6, 6.07) is 13.8. The minimum atomic E-state index is -0.394. The normalized spacial score (nSPS) is 10.3. The molecule has 6 heteroatoms. The minimum absolute atomic E-state index is 0.0466. The SMILES string of the molecule is CC(=O)c1ccc(NC(=O)c2cncc(C(=O)Nc3cccc(C)c3C)c2)cc1. The van der Waals surface area contributed by atoms with Crippen LogP contribution < -0.4 is 10.6 Å². The average Bonchev–Trinajstić information content (AvgIpc) is 2.72. The number of benzene rings is 2. The Morgan fingerprint density at radius 2 is 1.41 bits per heavy atom. The molecule has 0 unspecified atom stereocenters. The number of aromatic nitrogens is 1. The van der Waals surface area contributed by atoms with Gasteiger partial charge in [-0.1, -0.05) is 12.1 Å². The number of carbonyl (C=O) groups is 3. The Hall–Kier alpha value is -3.80. The standard InChI is InChI=1S/C23H21N3O3/c1-14-5-4-6-21(15(14)2)26-23(29)19-11-18(12-24-13-19)22(28)25-20-9-7-17(8-10-20)16(3)27/h4-13H,1-3H3,(H,25,28)(H,26,29). The fourth-order valence-electron chi connectivity index (χ4n) is 2.76. The van der Waals surface area contributed by atoms with Crippen molar-refractivity contribution in [1.82, 2.24) is 4.98 Å². The lowest BCUT2D eigenvalue weighted by atomic mass is 10.1. The quantitative estimate of drug-likeness (QED) is 0.635. The highest BCUT2D eigenvalue weighted by atomic mass is 16.2. The molecule has 0 fully saturated rings. The second kappa shape index (κ2) is 8.48. The van der Waals surface area contributed by atoms with E-state index in [-0.39, 0.29) is 22.8 Å². The number of nitrogens with one attached hydrogen (secondary N) is 2. The largest absolute Gasteiger partial charge is 0.322 e. The Morgan fingerprint density at radius 1 is 0.793 bits per heavy atom. The van der Waals surface area contributed by atoms with Crippen LogP contribution in [-0.2, 0) is 0 Å². The zero-order valence-electron chi connectivity index (χ0n) is 16.4. The molecule has 0 aliphatic carbocycles. The maximum Gasteiger partial charge on any atom is 0.257 e. The van der Waals surface area contributed by atoms with Crippen molar-refractivity contribution < 1.29 is 14.4 Å². The van der Waals surface area contributed by atoms with Gasteiger partial charge in [-0.15, -0.1) is 0 Å². The average molecular weight is 387 g/mol. The van der Waals surface area contributed by atoms with E-state index in [9.17, 15) is 14.4 Å². The Labute approximate surface area is 169 Å². The lowest BCUT2D eigenvalue weighted by molar-refractivity contribution is 0.101. The molecule has 0 saturated carbocycles. The molecule has 0 bridgehead atoms. The molecule has 3 rings (SSSR count). The summed E-state index contributed by atoms with van der Waals surface area (Å²) in [4.78, 5) is 40.5. The van der Waals surface area contributed by atoms with E-state index >= 15 is 0 Å². The fourth-order valence-corrected chi connectivity index (χ4v) is 2.76. The zero-order valence-corrected chi connectivity index (χ0v) is 16.4. The molecule has 29 heavy (non-hydrogen) atoms. The van der Waals surface area contributed by atoms with E-state index in [2.05, 4.69) is 15.6 Å². The molecule has 1 aromatic heterocycles. The number of nitrogens with zero attached hydrogens (tertiary/aromatic N) is 1. The van der Waals surface area contributed by atoms with Gasteiger partial charge in [-0.25, -0.2) is 0 Å². The molecule has 2 aromatic carbocycles. The molecule has 2 amide bonds. The monoisotopic (exact) mass is 387 g/mol. The number of hydrogen-bond donors (Lipinski definition) is 2. The van der Waals surface area contributed by atoms with Gasteiger partial charge in [-0.05, 0) is 68.3 Å². The summed E-state index contributed by atoms with van der Waals surface area (Å²) in [6.07, 6.45) is 2.81. The molecule has 146 valence electrons. The van der Waals surface area contributed by atoms with E-state index in [0.29, 0.717) is 11.3 Å². The van der Waals surface area contributed by atoms with E-state index in [1.54, 1.807) is 24.3 Å². The number of anilines is 2. The van der Waals surface area contributed by atoms with Crippen molar-refractivity contribution in [3.05, 3.63) is 88.7 Å².